The first-order chi connectivity index (χ1) is 12.3. The standard InChI is InChI=1S/C18H16ClN5O/c19-14-9-12(24-18-17-15(6-8-21-17)22-11-23-18)4-5-16(14)25-10-13-3-1-2-7-20-13/h1-5,7,9,11,21H,6,8,10H2,(H,22,23,24). The molecule has 4 rings (SSSR count). The lowest BCUT2D eigenvalue weighted by molar-refractivity contribution is 0.301. The Hall–Kier alpha value is -2.86. The number of fused-ring (bicyclic) bond motifs is 1. The van der Waals surface area contributed by atoms with Crippen molar-refractivity contribution in [3.8, 4) is 5.75 Å². The van der Waals surface area contributed by atoms with Crippen molar-refractivity contribution in [1.82, 2.24) is 15.0 Å². The molecule has 6 nitrogen and oxygen atoms in total. The molecule has 0 unspecified atom stereocenters. The summed E-state index contributed by atoms with van der Waals surface area (Å²) in [5.74, 6) is 1.37. The van der Waals surface area contributed by atoms with Crippen molar-refractivity contribution in [3.05, 3.63) is 65.3 Å². The van der Waals surface area contributed by atoms with Gasteiger partial charge in [0.05, 0.1) is 22.1 Å². The third-order valence-corrected chi connectivity index (χ3v) is 4.18. The topological polar surface area (TPSA) is 72.0 Å². The van der Waals surface area contributed by atoms with Crippen LogP contribution in [-0.4, -0.2) is 21.5 Å². The van der Waals surface area contributed by atoms with Gasteiger partial charge in [0.1, 0.15) is 18.7 Å². The van der Waals surface area contributed by atoms with Crippen LogP contribution in [0.5, 0.6) is 5.75 Å². The molecule has 1 aliphatic rings. The number of anilines is 3. The lowest BCUT2D eigenvalue weighted by Gasteiger charge is -2.12. The molecule has 0 aliphatic carbocycles. The second-order valence-corrected chi connectivity index (χ2v) is 6.01. The molecule has 1 aromatic carbocycles. The van der Waals surface area contributed by atoms with Gasteiger partial charge in [-0.2, -0.15) is 0 Å². The second kappa shape index (κ2) is 6.94. The lowest BCUT2D eigenvalue weighted by Crippen LogP contribution is -2.01. The Kier molecular flexibility index (Phi) is 4.35. The van der Waals surface area contributed by atoms with Crippen LogP contribution >= 0.6 is 11.6 Å². The fraction of sp³-hybridized carbons (Fsp3) is 0.167. The highest BCUT2D eigenvalue weighted by Crippen LogP contribution is 2.32. The molecule has 25 heavy (non-hydrogen) atoms. The Balaban J connectivity index is 1.48. The highest BCUT2D eigenvalue weighted by molar-refractivity contribution is 6.32. The molecule has 2 N–H and O–H groups in total. The van der Waals surface area contributed by atoms with Crippen LogP contribution in [0.4, 0.5) is 17.2 Å². The fourth-order valence-corrected chi connectivity index (χ4v) is 2.90. The van der Waals surface area contributed by atoms with E-state index in [-0.39, 0.29) is 0 Å². The zero-order valence-electron chi connectivity index (χ0n) is 13.4. The summed E-state index contributed by atoms with van der Waals surface area (Å²) in [4.78, 5) is 12.8. The van der Waals surface area contributed by atoms with E-state index in [1.54, 1.807) is 12.5 Å². The summed E-state index contributed by atoms with van der Waals surface area (Å²) in [5.41, 5.74) is 3.67. The molecule has 0 bridgehead atoms. The SMILES string of the molecule is Clc1cc(Nc2ncnc3c2NCC3)ccc1OCc1ccccn1. The maximum absolute atomic E-state index is 6.35. The third kappa shape index (κ3) is 3.49. The van der Waals surface area contributed by atoms with E-state index in [2.05, 4.69) is 25.6 Å². The van der Waals surface area contributed by atoms with Crippen LogP contribution in [0.25, 0.3) is 0 Å². The zero-order chi connectivity index (χ0) is 17.1. The molecule has 3 aromatic rings. The Morgan fingerprint density at radius 2 is 2.12 bits per heavy atom. The highest BCUT2D eigenvalue weighted by atomic mass is 35.5. The van der Waals surface area contributed by atoms with Gasteiger partial charge in [0.15, 0.2) is 5.82 Å². The minimum atomic E-state index is 0.372. The highest BCUT2D eigenvalue weighted by Gasteiger charge is 2.16. The predicted octanol–water partition coefficient (Wildman–Crippen LogP) is 3.82. The molecule has 7 heteroatoms. The number of halogens is 1. The molecule has 0 saturated carbocycles. The number of hydrogen-bond acceptors (Lipinski definition) is 6. The maximum Gasteiger partial charge on any atom is 0.157 e. The summed E-state index contributed by atoms with van der Waals surface area (Å²) in [7, 11) is 0. The van der Waals surface area contributed by atoms with Crippen LogP contribution in [0.15, 0.2) is 48.9 Å². The second-order valence-electron chi connectivity index (χ2n) is 5.60. The Bertz CT molecular complexity index is 888. The summed E-state index contributed by atoms with van der Waals surface area (Å²) in [6.45, 7) is 1.25. The van der Waals surface area contributed by atoms with Gasteiger partial charge < -0.3 is 15.4 Å². The number of aromatic nitrogens is 3. The van der Waals surface area contributed by atoms with Crippen molar-refractivity contribution < 1.29 is 4.74 Å². The van der Waals surface area contributed by atoms with Gasteiger partial charge in [-0.15, -0.1) is 0 Å². The monoisotopic (exact) mass is 353 g/mol. The van der Waals surface area contributed by atoms with E-state index < -0.39 is 0 Å². The predicted molar refractivity (Wildman–Crippen MR) is 97.5 cm³/mol. The van der Waals surface area contributed by atoms with Crippen LogP contribution < -0.4 is 15.4 Å². The first-order valence-corrected chi connectivity index (χ1v) is 8.34. The molecule has 0 amide bonds. The van der Waals surface area contributed by atoms with Gasteiger partial charge in [0, 0.05) is 24.8 Å². The molecule has 0 saturated heterocycles. The van der Waals surface area contributed by atoms with E-state index >= 15 is 0 Å². The number of ether oxygens (including phenoxy) is 1. The van der Waals surface area contributed by atoms with Crippen molar-refractivity contribution in [2.75, 3.05) is 17.2 Å². The molecular weight excluding hydrogens is 338 g/mol. The zero-order valence-corrected chi connectivity index (χ0v) is 14.1. The van der Waals surface area contributed by atoms with E-state index in [0.29, 0.717) is 17.4 Å². The summed E-state index contributed by atoms with van der Waals surface area (Å²) >= 11 is 6.35. The third-order valence-electron chi connectivity index (χ3n) is 3.89. The molecular formula is C18H16ClN5O. The van der Waals surface area contributed by atoms with E-state index in [0.717, 1.165) is 41.5 Å². The van der Waals surface area contributed by atoms with Crippen molar-refractivity contribution in [2.24, 2.45) is 0 Å². The number of rotatable bonds is 5. The average Bonchev–Trinajstić information content (AvgIpc) is 3.12. The molecule has 126 valence electrons. The smallest absolute Gasteiger partial charge is 0.157 e. The largest absolute Gasteiger partial charge is 0.486 e. The van der Waals surface area contributed by atoms with Gasteiger partial charge in [0.25, 0.3) is 0 Å². The van der Waals surface area contributed by atoms with Gasteiger partial charge in [-0.25, -0.2) is 9.97 Å². The summed E-state index contributed by atoms with van der Waals surface area (Å²) in [6.07, 6.45) is 4.22. The molecule has 1 aliphatic heterocycles. The number of hydrogen-bond donors (Lipinski definition) is 2. The van der Waals surface area contributed by atoms with E-state index in [1.807, 2.05) is 36.4 Å². The number of benzene rings is 1. The molecule has 3 heterocycles. The molecule has 0 fully saturated rings. The maximum atomic E-state index is 6.35. The molecule has 0 radical (unpaired) electrons. The van der Waals surface area contributed by atoms with Crippen molar-refractivity contribution in [3.63, 3.8) is 0 Å². The summed E-state index contributed by atoms with van der Waals surface area (Å²) in [6, 6.07) is 11.3. The first-order valence-electron chi connectivity index (χ1n) is 7.96. The first kappa shape index (κ1) is 15.7. The van der Waals surface area contributed by atoms with Crippen molar-refractivity contribution >= 4 is 28.8 Å². The van der Waals surface area contributed by atoms with Gasteiger partial charge in [0.2, 0.25) is 0 Å². The van der Waals surface area contributed by atoms with Gasteiger partial charge in [-0.05, 0) is 30.3 Å². The Labute approximate surface area is 150 Å². The Morgan fingerprint density at radius 3 is 2.96 bits per heavy atom. The number of nitrogens with zero attached hydrogens (tertiary/aromatic N) is 3. The van der Waals surface area contributed by atoms with Crippen LogP contribution in [0.1, 0.15) is 11.4 Å². The van der Waals surface area contributed by atoms with Crippen LogP contribution in [0.3, 0.4) is 0 Å². The quantitative estimate of drug-likeness (QED) is 0.726. The van der Waals surface area contributed by atoms with Crippen LogP contribution in [-0.2, 0) is 13.0 Å². The van der Waals surface area contributed by atoms with E-state index in [4.69, 9.17) is 16.3 Å². The van der Waals surface area contributed by atoms with Crippen molar-refractivity contribution in [2.45, 2.75) is 13.0 Å². The van der Waals surface area contributed by atoms with Gasteiger partial charge in [-0.1, -0.05) is 17.7 Å². The minimum Gasteiger partial charge on any atom is -0.486 e. The van der Waals surface area contributed by atoms with Crippen LogP contribution in [0.2, 0.25) is 5.02 Å². The van der Waals surface area contributed by atoms with E-state index in [1.165, 1.54) is 0 Å². The van der Waals surface area contributed by atoms with Gasteiger partial charge in [-0.3, -0.25) is 4.98 Å². The lowest BCUT2D eigenvalue weighted by atomic mass is 10.2. The molecule has 0 atom stereocenters. The summed E-state index contributed by atoms with van der Waals surface area (Å²) < 4.78 is 5.74. The average molecular weight is 354 g/mol. The van der Waals surface area contributed by atoms with E-state index in [9.17, 15) is 0 Å². The van der Waals surface area contributed by atoms with Crippen LogP contribution in [0, 0.1) is 0 Å². The minimum absolute atomic E-state index is 0.372. The number of pyridine rings is 1. The number of nitrogens with one attached hydrogen (secondary N) is 2. The molecule has 2 aromatic heterocycles. The fourth-order valence-electron chi connectivity index (χ4n) is 2.67. The normalized spacial score (nSPS) is 12.4. The summed E-state index contributed by atoms with van der Waals surface area (Å²) in [5, 5.41) is 7.11. The van der Waals surface area contributed by atoms with Crippen molar-refractivity contribution in [1.29, 1.82) is 0 Å². The van der Waals surface area contributed by atoms with Gasteiger partial charge >= 0.3 is 0 Å². The molecule has 0 spiro atoms. The Morgan fingerprint density at radius 1 is 1.16 bits per heavy atom.